The number of pyridine rings is 1. The van der Waals surface area contributed by atoms with E-state index in [0.717, 1.165) is 55.1 Å². The molecule has 0 N–H and O–H groups in total. The first-order valence-corrected chi connectivity index (χ1v) is 10.9. The van der Waals surface area contributed by atoms with Gasteiger partial charge >= 0.3 is 0 Å². The second-order valence-corrected chi connectivity index (χ2v) is 8.03. The van der Waals surface area contributed by atoms with Crippen LogP contribution in [0.5, 0.6) is 0 Å². The normalized spacial score (nSPS) is 16.8. The van der Waals surface area contributed by atoms with E-state index in [1.54, 1.807) is 18.2 Å². The van der Waals surface area contributed by atoms with Crippen LogP contribution in [0.25, 0.3) is 5.65 Å². The Bertz CT molecular complexity index is 1060. The molecule has 0 aromatic carbocycles. The van der Waals surface area contributed by atoms with Crippen LogP contribution in [0.15, 0.2) is 30.5 Å². The molecule has 3 aromatic heterocycles. The Morgan fingerprint density at radius 3 is 2.77 bits per heavy atom. The molecule has 0 saturated carbocycles. The van der Waals surface area contributed by atoms with Crippen molar-refractivity contribution >= 4 is 29.0 Å². The maximum Gasteiger partial charge on any atom is 0.273 e. The summed E-state index contributed by atoms with van der Waals surface area (Å²) in [5.74, 6) is 0.880. The van der Waals surface area contributed by atoms with Crippen molar-refractivity contribution in [2.24, 2.45) is 0 Å². The number of nitrogens with zero attached hydrogens (tertiary/aromatic N) is 6. The number of aryl methyl sites for hydroxylation is 1. The lowest BCUT2D eigenvalue weighted by atomic mass is 9.99. The summed E-state index contributed by atoms with van der Waals surface area (Å²) in [6.45, 7) is 8.81. The summed E-state index contributed by atoms with van der Waals surface area (Å²) >= 11 is 6.00. The number of hydrogen-bond acceptors (Lipinski definition) is 5. The Balaban J connectivity index is 1.69. The van der Waals surface area contributed by atoms with Crippen molar-refractivity contribution in [2.45, 2.75) is 46.1 Å². The third-order valence-electron chi connectivity index (χ3n) is 5.73. The Labute approximate surface area is 181 Å². The van der Waals surface area contributed by atoms with E-state index >= 15 is 0 Å². The smallest absolute Gasteiger partial charge is 0.273 e. The molecule has 1 atom stereocenters. The fraction of sp³-hybridized carbons (Fsp3) is 0.455. The zero-order valence-corrected chi connectivity index (χ0v) is 18.4. The number of hydrogen-bond donors (Lipinski definition) is 0. The number of carbonyl (C=O) groups excluding carboxylic acids is 1. The summed E-state index contributed by atoms with van der Waals surface area (Å²) in [5.41, 5.74) is 3.13. The molecule has 1 fully saturated rings. The van der Waals surface area contributed by atoms with Gasteiger partial charge in [-0.25, -0.2) is 14.5 Å². The lowest BCUT2D eigenvalue weighted by Crippen LogP contribution is -2.39. The fourth-order valence-electron chi connectivity index (χ4n) is 4.18. The molecule has 0 aliphatic carbocycles. The molecule has 0 radical (unpaired) electrons. The minimum absolute atomic E-state index is 0.0917. The van der Waals surface area contributed by atoms with Gasteiger partial charge in [-0.05, 0) is 52.2 Å². The SMILES string of the molecule is CCN(CC)c1nc2cc([C@@H]3CCCCN3C(=O)c3cccc(Cl)n3)nn2cc1C. The Hall–Kier alpha value is -2.67. The topological polar surface area (TPSA) is 66.6 Å². The first kappa shape index (κ1) is 20.6. The predicted octanol–water partition coefficient (Wildman–Crippen LogP) is 4.30. The number of amides is 1. The van der Waals surface area contributed by atoms with Gasteiger partial charge in [-0.15, -0.1) is 0 Å². The first-order valence-electron chi connectivity index (χ1n) is 10.6. The number of likely N-dealkylation sites (tertiary alicyclic amines) is 1. The largest absolute Gasteiger partial charge is 0.357 e. The highest BCUT2D eigenvalue weighted by molar-refractivity contribution is 6.29. The number of carbonyl (C=O) groups is 1. The lowest BCUT2D eigenvalue weighted by molar-refractivity contribution is 0.0599. The molecule has 8 heteroatoms. The minimum atomic E-state index is -0.104. The number of piperidine rings is 1. The molecule has 30 heavy (non-hydrogen) atoms. The number of anilines is 1. The Kier molecular flexibility index (Phi) is 5.90. The monoisotopic (exact) mass is 426 g/mol. The number of fused-ring (bicyclic) bond motifs is 1. The molecule has 1 aliphatic rings. The molecular formula is C22H27ClN6O. The summed E-state index contributed by atoms with van der Waals surface area (Å²) in [7, 11) is 0. The number of aromatic nitrogens is 4. The van der Waals surface area contributed by atoms with Crippen LogP contribution >= 0.6 is 11.6 Å². The molecule has 1 amide bonds. The van der Waals surface area contributed by atoms with Gasteiger partial charge in [-0.3, -0.25) is 4.79 Å². The van der Waals surface area contributed by atoms with Crippen LogP contribution in [-0.4, -0.2) is 50.0 Å². The van der Waals surface area contributed by atoms with Gasteiger partial charge < -0.3 is 9.80 Å². The predicted molar refractivity (Wildman–Crippen MR) is 118 cm³/mol. The van der Waals surface area contributed by atoms with E-state index in [1.165, 1.54) is 0 Å². The molecule has 0 bridgehead atoms. The van der Waals surface area contributed by atoms with Gasteiger partial charge in [0.1, 0.15) is 16.7 Å². The highest BCUT2D eigenvalue weighted by Crippen LogP contribution is 2.32. The molecule has 158 valence electrons. The summed E-state index contributed by atoms with van der Waals surface area (Å²) < 4.78 is 1.83. The molecule has 7 nitrogen and oxygen atoms in total. The molecule has 1 saturated heterocycles. The number of rotatable bonds is 5. The maximum absolute atomic E-state index is 13.2. The minimum Gasteiger partial charge on any atom is -0.357 e. The summed E-state index contributed by atoms with van der Waals surface area (Å²) in [6.07, 6.45) is 4.92. The first-order chi connectivity index (χ1) is 14.5. The molecular weight excluding hydrogens is 400 g/mol. The highest BCUT2D eigenvalue weighted by Gasteiger charge is 2.31. The van der Waals surface area contributed by atoms with Gasteiger partial charge in [0.15, 0.2) is 5.65 Å². The molecule has 4 heterocycles. The number of halogens is 1. The second-order valence-electron chi connectivity index (χ2n) is 7.65. The average Bonchev–Trinajstić information content (AvgIpc) is 3.17. The van der Waals surface area contributed by atoms with E-state index < -0.39 is 0 Å². The third-order valence-corrected chi connectivity index (χ3v) is 5.94. The van der Waals surface area contributed by atoms with Crippen molar-refractivity contribution in [1.82, 2.24) is 24.5 Å². The van der Waals surface area contributed by atoms with Crippen molar-refractivity contribution in [3.8, 4) is 0 Å². The second kappa shape index (κ2) is 8.60. The van der Waals surface area contributed by atoms with Gasteiger partial charge in [-0.1, -0.05) is 17.7 Å². The molecule has 3 aromatic rings. The van der Waals surface area contributed by atoms with Crippen molar-refractivity contribution in [2.75, 3.05) is 24.5 Å². The van der Waals surface area contributed by atoms with Crippen LogP contribution in [0.1, 0.15) is 60.9 Å². The van der Waals surface area contributed by atoms with Crippen LogP contribution in [0, 0.1) is 6.92 Å². The van der Waals surface area contributed by atoms with Crippen LogP contribution in [0.2, 0.25) is 5.15 Å². The van der Waals surface area contributed by atoms with E-state index in [-0.39, 0.29) is 11.9 Å². The maximum atomic E-state index is 13.2. The van der Waals surface area contributed by atoms with Crippen molar-refractivity contribution < 1.29 is 4.79 Å². The Morgan fingerprint density at radius 2 is 2.03 bits per heavy atom. The van der Waals surface area contributed by atoms with Crippen molar-refractivity contribution in [3.63, 3.8) is 0 Å². The quantitative estimate of drug-likeness (QED) is 0.569. The van der Waals surface area contributed by atoms with Gasteiger partial charge in [0.05, 0.1) is 11.7 Å². The fourth-order valence-corrected chi connectivity index (χ4v) is 4.35. The van der Waals surface area contributed by atoms with Crippen LogP contribution < -0.4 is 4.90 Å². The van der Waals surface area contributed by atoms with Gasteiger partial charge in [-0.2, -0.15) is 5.10 Å². The van der Waals surface area contributed by atoms with E-state index in [0.29, 0.717) is 17.4 Å². The lowest BCUT2D eigenvalue weighted by Gasteiger charge is -2.34. The van der Waals surface area contributed by atoms with Crippen molar-refractivity contribution in [1.29, 1.82) is 0 Å². The van der Waals surface area contributed by atoms with Gasteiger partial charge in [0.2, 0.25) is 0 Å². The standard InChI is InChI=1S/C22H27ClN6O/c1-4-27(5-2)21-15(3)14-29-20(25-21)13-17(26-29)18-10-6-7-12-28(18)22(30)16-9-8-11-19(23)24-16/h8-9,11,13-14,18H,4-7,10,12H2,1-3H3/t18-/m0/s1. The summed E-state index contributed by atoms with van der Waals surface area (Å²) in [4.78, 5) is 26.4. The molecule has 0 unspecified atom stereocenters. The third kappa shape index (κ3) is 3.86. The summed E-state index contributed by atoms with van der Waals surface area (Å²) in [5, 5.41) is 5.11. The zero-order valence-electron chi connectivity index (χ0n) is 17.7. The van der Waals surface area contributed by atoms with Gasteiger partial charge in [0, 0.05) is 37.5 Å². The van der Waals surface area contributed by atoms with Crippen LogP contribution in [0.4, 0.5) is 5.82 Å². The van der Waals surface area contributed by atoms with Crippen LogP contribution in [-0.2, 0) is 0 Å². The summed E-state index contributed by atoms with van der Waals surface area (Å²) in [6, 6.07) is 7.06. The van der Waals surface area contributed by atoms with Crippen LogP contribution in [0.3, 0.4) is 0 Å². The van der Waals surface area contributed by atoms with Gasteiger partial charge in [0.25, 0.3) is 5.91 Å². The Morgan fingerprint density at radius 1 is 1.23 bits per heavy atom. The van der Waals surface area contributed by atoms with E-state index in [1.807, 2.05) is 21.7 Å². The molecule has 4 rings (SSSR count). The van der Waals surface area contributed by atoms with Crippen molar-refractivity contribution in [3.05, 3.63) is 52.6 Å². The van der Waals surface area contributed by atoms with E-state index in [2.05, 4.69) is 30.7 Å². The molecule has 1 aliphatic heterocycles. The average molecular weight is 427 g/mol. The van der Waals surface area contributed by atoms with E-state index in [9.17, 15) is 4.79 Å². The zero-order chi connectivity index (χ0) is 21.3. The highest BCUT2D eigenvalue weighted by atomic mass is 35.5. The molecule has 0 spiro atoms. The van der Waals surface area contributed by atoms with E-state index in [4.69, 9.17) is 21.7 Å².